The summed E-state index contributed by atoms with van der Waals surface area (Å²) in [5, 5.41) is 2.87. The largest absolute Gasteiger partial charge is 0.493 e. The number of para-hydroxylation sites is 1. The number of carbonyl (C=O) groups excluding carboxylic acids is 3. The number of hydrogen-bond acceptors (Lipinski definition) is 4. The Hall–Kier alpha value is -2.63. The third kappa shape index (κ3) is 2.66. The van der Waals surface area contributed by atoms with E-state index in [0.717, 1.165) is 24.2 Å². The van der Waals surface area contributed by atoms with Crippen molar-refractivity contribution in [3.05, 3.63) is 42.0 Å². The Balaban J connectivity index is 1.17. The maximum Gasteiger partial charge on any atom is 0.240 e. The highest BCUT2D eigenvalue weighted by Gasteiger charge is 2.59. The zero-order valence-electron chi connectivity index (χ0n) is 15.0. The molecule has 2 bridgehead atoms. The lowest BCUT2D eigenvalue weighted by Crippen LogP contribution is -2.44. The molecule has 2 aliphatic carbocycles. The molecule has 5 atom stereocenters. The van der Waals surface area contributed by atoms with E-state index in [4.69, 9.17) is 4.74 Å². The van der Waals surface area contributed by atoms with Crippen LogP contribution in [0.15, 0.2) is 36.4 Å². The van der Waals surface area contributed by atoms with Gasteiger partial charge in [0.2, 0.25) is 17.7 Å². The summed E-state index contributed by atoms with van der Waals surface area (Å²) in [6.45, 7) is 0.857. The van der Waals surface area contributed by atoms with Crippen LogP contribution in [-0.4, -0.2) is 42.3 Å². The van der Waals surface area contributed by atoms with E-state index in [1.807, 2.05) is 24.3 Å². The molecule has 3 amide bonds. The molecule has 6 nitrogen and oxygen atoms in total. The zero-order valence-corrected chi connectivity index (χ0v) is 15.0. The lowest BCUT2D eigenvalue weighted by molar-refractivity contribution is -0.144. The molecule has 0 aromatic heterocycles. The van der Waals surface area contributed by atoms with Gasteiger partial charge >= 0.3 is 0 Å². The highest BCUT2D eigenvalue weighted by atomic mass is 16.5. The lowest BCUT2D eigenvalue weighted by atomic mass is 9.85. The Morgan fingerprint density at radius 3 is 2.56 bits per heavy atom. The first-order valence-electron chi connectivity index (χ1n) is 9.63. The van der Waals surface area contributed by atoms with Crippen molar-refractivity contribution in [3.8, 4) is 5.75 Å². The van der Waals surface area contributed by atoms with Crippen LogP contribution in [0.25, 0.3) is 0 Å². The molecule has 6 heteroatoms. The van der Waals surface area contributed by atoms with Crippen molar-refractivity contribution in [2.24, 2.45) is 29.6 Å². The van der Waals surface area contributed by atoms with Gasteiger partial charge in [-0.1, -0.05) is 30.4 Å². The Labute approximate surface area is 157 Å². The molecule has 1 saturated heterocycles. The number of rotatable bonds is 4. The summed E-state index contributed by atoms with van der Waals surface area (Å²) in [6, 6.07) is 7.91. The number of ether oxygens (including phenoxy) is 1. The van der Waals surface area contributed by atoms with Crippen LogP contribution >= 0.6 is 0 Å². The lowest BCUT2D eigenvalue weighted by Gasteiger charge is -2.25. The quantitative estimate of drug-likeness (QED) is 0.641. The predicted octanol–water partition coefficient (Wildman–Crippen LogP) is 1.16. The van der Waals surface area contributed by atoms with Crippen molar-refractivity contribution >= 4 is 17.7 Å². The number of benzene rings is 1. The molecule has 2 aliphatic heterocycles. The molecular weight excluding hydrogens is 344 g/mol. The molecule has 1 saturated carbocycles. The van der Waals surface area contributed by atoms with Gasteiger partial charge in [0.25, 0.3) is 0 Å². The summed E-state index contributed by atoms with van der Waals surface area (Å²) in [7, 11) is 0. The SMILES string of the molecule is O=C(CN1C(=O)[C@H]2[C@H](C1=O)[C@H]1C=C[C@H]2C1)NC[C@H]1COc2ccccc2C1. The van der Waals surface area contributed by atoms with Crippen LogP contribution in [0.2, 0.25) is 0 Å². The van der Waals surface area contributed by atoms with E-state index in [2.05, 4.69) is 17.5 Å². The summed E-state index contributed by atoms with van der Waals surface area (Å²) < 4.78 is 5.74. The normalized spacial score (nSPS) is 33.0. The third-order valence-corrected chi connectivity index (χ3v) is 6.41. The van der Waals surface area contributed by atoms with Gasteiger partial charge in [-0.2, -0.15) is 0 Å². The Kier molecular flexibility index (Phi) is 3.81. The Morgan fingerprint density at radius 2 is 1.81 bits per heavy atom. The van der Waals surface area contributed by atoms with Crippen LogP contribution in [0.3, 0.4) is 0 Å². The maximum atomic E-state index is 12.6. The number of allylic oxidation sites excluding steroid dienone is 2. The van der Waals surface area contributed by atoms with Crippen molar-refractivity contribution < 1.29 is 19.1 Å². The minimum Gasteiger partial charge on any atom is -0.493 e. The second-order valence-corrected chi connectivity index (χ2v) is 8.06. The molecule has 2 heterocycles. The van der Waals surface area contributed by atoms with Crippen molar-refractivity contribution in [3.63, 3.8) is 0 Å². The molecule has 0 radical (unpaired) electrons. The number of imide groups is 1. The number of amides is 3. The molecule has 1 N–H and O–H groups in total. The van der Waals surface area contributed by atoms with Crippen LogP contribution in [0, 0.1) is 29.6 Å². The summed E-state index contributed by atoms with van der Waals surface area (Å²) in [4.78, 5) is 38.8. The number of nitrogens with one attached hydrogen (secondary N) is 1. The fourth-order valence-electron chi connectivity index (χ4n) is 5.10. The van der Waals surface area contributed by atoms with E-state index in [9.17, 15) is 14.4 Å². The molecule has 140 valence electrons. The van der Waals surface area contributed by atoms with Crippen molar-refractivity contribution in [1.82, 2.24) is 10.2 Å². The van der Waals surface area contributed by atoms with Crippen LogP contribution in [0.4, 0.5) is 0 Å². The summed E-state index contributed by atoms with van der Waals surface area (Å²) in [5.74, 6) is 0.311. The molecule has 4 aliphatic rings. The number of carbonyl (C=O) groups is 3. The Bertz CT molecular complexity index is 818. The summed E-state index contributed by atoms with van der Waals surface area (Å²) in [5.41, 5.74) is 1.14. The first-order chi connectivity index (χ1) is 13.1. The van der Waals surface area contributed by atoms with E-state index in [1.54, 1.807) is 0 Å². The minimum absolute atomic E-state index is 0.170. The summed E-state index contributed by atoms with van der Waals surface area (Å²) >= 11 is 0. The minimum atomic E-state index is -0.282. The van der Waals surface area contributed by atoms with Crippen LogP contribution in [-0.2, 0) is 20.8 Å². The number of hydrogen-bond donors (Lipinski definition) is 1. The van der Waals surface area contributed by atoms with E-state index in [0.29, 0.717) is 13.2 Å². The highest BCUT2D eigenvalue weighted by Crippen LogP contribution is 2.52. The second kappa shape index (κ2) is 6.22. The number of fused-ring (bicyclic) bond motifs is 6. The fourth-order valence-corrected chi connectivity index (χ4v) is 5.10. The molecule has 0 spiro atoms. The van der Waals surface area contributed by atoms with Gasteiger partial charge in [0.05, 0.1) is 18.4 Å². The molecule has 1 aromatic rings. The fraction of sp³-hybridized carbons (Fsp3) is 0.476. The molecule has 2 fully saturated rings. The van der Waals surface area contributed by atoms with Crippen molar-refractivity contribution in [2.75, 3.05) is 19.7 Å². The van der Waals surface area contributed by atoms with E-state index in [1.165, 1.54) is 4.90 Å². The second-order valence-electron chi connectivity index (χ2n) is 8.06. The van der Waals surface area contributed by atoms with Crippen LogP contribution < -0.4 is 10.1 Å². The molecular formula is C21H22N2O4. The van der Waals surface area contributed by atoms with E-state index in [-0.39, 0.29) is 53.9 Å². The van der Waals surface area contributed by atoms with Gasteiger partial charge in [-0.15, -0.1) is 0 Å². The number of nitrogens with zero attached hydrogens (tertiary/aromatic N) is 1. The monoisotopic (exact) mass is 366 g/mol. The third-order valence-electron chi connectivity index (χ3n) is 6.41. The Morgan fingerprint density at radius 1 is 1.11 bits per heavy atom. The smallest absolute Gasteiger partial charge is 0.240 e. The van der Waals surface area contributed by atoms with Gasteiger partial charge in [0.1, 0.15) is 12.3 Å². The van der Waals surface area contributed by atoms with Gasteiger partial charge in [-0.25, -0.2) is 0 Å². The zero-order chi connectivity index (χ0) is 18.5. The molecule has 0 unspecified atom stereocenters. The standard InChI is InChI=1S/C21H22N2O4/c24-17(22-9-12-7-13-3-1-2-4-16(13)27-11-12)10-23-20(25)18-14-5-6-15(8-14)19(18)21(23)26/h1-6,12,14-15,18-19H,7-11H2,(H,22,24)/t12-,14-,15-,18+,19+/m0/s1. The predicted molar refractivity (Wildman–Crippen MR) is 96.6 cm³/mol. The van der Waals surface area contributed by atoms with E-state index < -0.39 is 0 Å². The molecule has 5 rings (SSSR count). The molecule has 1 aromatic carbocycles. The van der Waals surface area contributed by atoms with Gasteiger partial charge in [0, 0.05) is 12.5 Å². The van der Waals surface area contributed by atoms with Crippen molar-refractivity contribution in [1.29, 1.82) is 0 Å². The van der Waals surface area contributed by atoms with Gasteiger partial charge in [-0.05, 0) is 36.3 Å². The first-order valence-corrected chi connectivity index (χ1v) is 9.63. The van der Waals surface area contributed by atoms with Crippen LogP contribution in [0.5, 0.6) is 5.75 Å². The summed E-state index contributed by atoms with van der Waals surface area (Å²) in [6.07, 6.45) is 5.86. The average molecular weight is 366 g/mol. The highest BCUT2D eigenvalue weighted by molar-refractivity contribution is 6.08. The van der Waals surface area contributed by atoms with Gasteiger partial charge in [-0.3, -0.25) is 19.3 Å². The molecule has 27 heavy (non-hydrogen) atoms. The number of likely N-dealkylation sites (tertiary alicyclic amines) is 1. The van der Waals surface area contributed by atoms with E-state index >= 15 is 0 Å². The maximum absolute atomic E-state index is 12.6. The first kappa shape index (κ1) is 16.5. The van der Waals surface area contributed by atoms with Gasteiger partial charge < -0.3 is 10.1 Å². The topological polar surface area (TPSA) is 75.7 Å². The van der Waals surface area contributed by atoms with Gasteiger partial charge in [0.15, 0.2) is 0 Å². The average Bonchev–Trinajstić information content (AvgIpc) is 3.36. The van der Waals surface area contributed by atoms with Crippen molar-refractivity contribution in [2.45, 2.75) is 12.8 Å². The van der Waals surface area contributed by atoms with Crippen LogP contribution in [0.1, 0.15) is 12.0 Å².